The van der Waals surface area contributed by atoms with Gasteiger partial charge in [-0.2, -0.15) is 4.31 Å². The molecule has 0 saturated carbocycles. The zero-order valence-corrected chi connectivity index (χ0v) is 20.5. The van der Waals surface area contributed by atoms with Crippen molar-refractivity contribution in [2.24, 2.45) is 0 Å². The van der Waals surface area contributed by atoms with E-state index in [9.17, 15) is 13.2 Å². The van der Waals surface area contributed by atoms with Crippen LogP contribution in [0.5, 0.6) is 0 Å². The van der Waals surface area contributed by atoms with Gasteiger partial charge >= 0.3 is 0 Å². The zero-order valence-electron chi connectivity index (χ0n) is 19.6. The summed E-state index contributed by atoms with van der Waals surface area (Å²) in [5, 5.41) is 4.58. The van der Waals surface area contributed by atoms with Gasteiger partial charge in [-0.15, -0.1) is 0 Å². The number of sulfonamides is 1. The second kappa shape index (κ2) is 11.0. The second-order valence-electron chi connectivity index (χ2n) is 8.08. The van der Waals surface area contributed by atoms with E-state index in [4.69, 9.17) is 4.74 Å². The average molecular weight is 472 g/mol. The average Bonchev–Trinajstić information content (AvgIpc) is 3.12. The Morgan fingerprint density at radius 1 is 1.27 bits per heavy atom. The molecule has 1 fully saturated rings. The monoisotopic (exact) mass is 471 g/mol. The van der Waals surface area contributed by atoms with Gasteiger partial charge in [0.2, 0.25) is 10.0 Å². The van der Waals surface area contributed by atoms with Crippen LogP contribution in [0.2, 0.25) is 0 Å². The first-order chi connectivity index (χ1) is 15.8. The van der Waals surface area contributed by atoms with Crippen LogP contribution in [0, 0.1) is 6.92 Å². The summed E-state index contributed by atoms with van der Waals surface area (Å²) in [6, 6.07) is 5.04. The molecule has 0 unspecified atom stereocenters. The highest BCUT2D eigenvalue weighted by molar-refractivity contribution is 7.89. The minimum Gasteiger partial charge on any atom is -0.379 e. The summed E-state index contributed by atoms with van der Waals surface area (Å²) in [6.07, 6.45) is 8.64. The number of hydrogen-bond acceptors (Lipinski definition) is 4. The van der Waals surface area contributed by atoms with Crippen LogP contribution in [0.4, 0.5) is 0 Å². The highest BCUT2D eigenvalue weighted by Crippen LogP contribution is 2.20. The number of carbonyl (C=O) groups is 1. The third kappa shape index (κ3) is 5.63. The molecule has 33 heavy (non-hydrogen) atoms. The fourth-order valence-corrected chi connectivity index (χ4v) is 5.35. The summed E-state index contributed by atoms with van der Waals surface area (Å²) in [7, 11) is -3.55. The van der Waals surface area contributed by atoms with Crippen LogP contribution in [0.1, 0.15) is 41.8 Å². The number of nitrogens with one attached hydrogen (secondary N) is 1. The number of carbonyl (C=O) groups excluding carboxylic acids is 1. The van der Waals surface area contributed by atoms with Gasteiger partial charge in [-0.25, -0.2) is 8.42 Å². The highest BCUT2D eigenvalue weighted by atomic mass is 32.2. The molecular formula is C25H33N3O4S. The van der Waals surface area contributed by atoms with Gasteiger partial charge in [0.15, 0.2) is 0 Å². The number of allylic oxidation sites excluding steroid dienone is 2. The van der Waals surface area contributed by atoms with Gasteiger partial charge in [0.05, 0.1) is 23.7 Å². The SMILES string of the molecule is C=c1c(C(=O)NCc2ccc(S(=O)(=O)N3CCOCC3)cc2C)cn(CCC)/c1=C/C=C\C. The number of morpholine rings is 1. The maximum absolute atomic E-state index is 12.9. The third-order valence-electron chi connectivity index (χ3n) is 5.75. The number of ether oxygens (including phenoxy) is 1. The Morgan fingerprint density at radius 3 is 2.64 bits per heavy atom. The van der Waals surface area contributed by atoms with Gasteiger partial charge < -0.3 is 14.6 Å². The number of aromatic nitrogens is 1. The molecular weight excluding hydrogens is 438 g/mol. The van der Waals surface area contributed by atoms with Crippen molar-refractivity contribution in [1.29, 1.82) is 0 Å². The van der Waals surface area contributed by atoms with E-state index < -0.39 is 10.0 Å². The van der Waals surface area contributed by atoms with E-state index in [0.717, 1.165) is 29.4 Å². The molecule has 0 bridgehead atoms. The topological polar surface area (TPSA) is 80.6 Å². The predicted octanol–water partition coefficient (Wildman–Crippen LogP) is 1.92. The molecule has 2 heterocycles. The smallest absolute Gasteiger partial charge is 0.253 e. The van der Waals surface area contributed by atoms with Crippen LogP contribution in [0.25, 0.3) is 12.7 Å². The van der Waals surface area contributed by atoms with Gasteiger partial charge in [-0.1, -0.05) is 31.7 Å². The first-order valence-corrected chi connectivity index (χ1v) is 12.7. The van der Waals surface area contributed by atoms with Crippen LogP contribution in [0.3, 0.4) is 0 Å². The van der Waals surface area contributed by atoms with Gasteiger partial charge in [-0.05, 0) is 49.6 Å². The Morgan fingerprint density at radius 2 is 2.00 bits per heavy atom. The Labute approximate surface area is 196 Å². The maximum atomic E-state index is 12.9. The van der Waals surface area contributed by atoms with Crippen LogP contribution in [0.15, 0.2) is 41.4 Å². The Balaban J connectivity index is 1.76. The summed E-state index contributed by atoms with van der Waals surface area (Å²) in [4.78, 5) is 13.2. The first kappa shape index (κ1) is 25.0. The van der Waals surface area contributed by atoms with Crippen molar-refractivity contribution in [3.05, 3.63) is 63.8 Å². The molecule has 0 radical (unpaired) electrons. The molecule has 0 aliphatic carbocycles. The fourth-order valence-electron chi connectivity index (χ4n) is 3.85. The summed E-state index contributed by atoms with van der Waals surface area (Å²) >= 11 is 0. The number of nitrogens with zero attached hydrogens (tertiary/aromatic N) is 2. The fraction of sp³-hybridized carbons (Fsp3) is 0.400. The molecule has 1 aromatic heterocycles. The molecule has 1 aliphatic rings. The van der Waals surface area contributed by atoms with E-state index in [1.54, 1.807) is 18.2 Å². The molecule has 178 valence electrons. The lowest BCUT2D eigenvalue weighted by atomic mass is 10.1. The normalized spacial score (nSPS) is 15.9. The number of amides is 1. The third-order valence-corrected chi connectivity index (χ3v) is 7.64. The lowest BCUT2D eigenvalue weighted by Crippen LogP contribution is -2.40. The molecule has 7 nitrogen and oxygen atoms in total. The van der Waals surface area contributed by atoms with Crippen molar-refractivity contribution < 1.29 is 17.9 Å². The number of rotatable bonds is 8. The molecule has 1 aromatic carbocycles. The minimum atomic E-state index is -3.55. The largest absolute Gasteiger partial charge is 0.379 e. The maximum Gasteiger partial charge on any atom is 0.253 e. The summed E-state index contributed by atoms with van der Waals surface area (Å²) < 4.78 is 34.5. The van der Waals surface area contributed by atoms with Crippen LogP contribution >= 0.6 is 0 Å². The van der Waals surface area contributed by atoms with Crippen molar-refractivity contribution in [2.45, 2.75) is 45.2 Å². The molecule has 1 amide bonds. The van der Waals surface area contributed by atoms with Crippen LogP contribution in [-0.2, 0) is 27.8 Å². The van der Waals surface area contributed by atoms with Gasteiger partial charge in [0, 0.05) is 42.9 Å². The Hall–Kier alpha value is -2.68. The standard InChI is InChI=1S/C25H33N3O4S/c1-5-7-8-24-20(4)23(18-27(24)11-6-2)25(29)26-17-21-9-10-22(16-19(21)3)33(30,31)28-12-14-32-15-13-28/h5,7-10,16,18H,4,6,11-15,17H2,1-3H3,(H,26,29)/b7-5-,24-8+. The van der Waals surface area contributed by atoms with Crippen molar-refractivity contribution in [3.8, 4) is 0 Å². The van der Waals surface area contributed by atoms with E-state index in [1.807, 2.05) is 42.8 Å². The Bertz CT molecular complexity index is 1240. The molecule has 3 rings (SSSR count). The molecule has 0 atom stereocenters. The van der Waals surface area contributed by atoms with E-state index in [0.29, 0.717) is 43.6 Å². The van der Waals surface area contributed by atoms with Crippen LogP contribution in [-0.4, -0.2) is 49.5 Å². The van der Waals surface area contributed by atoms with Crippen molar-refractivity contribution in [3.63, 3.8) is 0 Å². The molecule has 2 aromatic rings. The van der Waals surface area contributed by atoms with E-state index in [1.165, 1.54) is 4.31 Å². The van der Waals surface area contributed by atoms with E-state index in [-0.39, 0.29) is 10.8 Å². The highest BCUT2D eigenvalue weighted by Gasteiger charge is 2.26. The molecule has 8 heteroatoms. The number of aryl methyl sites for hydroxylation is 2. The second-order valence-corrected chi connectivity index (χ2v) is 10.0. The predicted molar refractivity (Wildman–Crippen MR) is 131 cm³/mol. The molecule has 1 aliphatic heterocycles. The van der Waals surface area contributed by atoms with Crippen molar-refractivity contribution in [2.75, 3.05) is 26.3 Å². The van der Waals surface area contributed by atoms with Gasteiger partial charge in [-0.3, -0.25) is 4.79 Å². The zero-order chi connectivity index (χ0) is 24.0. The minimum absolute atomic E-state index is 0.200. The van der Waals surface area contributed by atoms with E-state index >= 15 is 0 Å². The number of hydrogen-bond donors (Lipinski definition) is 1. The van der Waals surface area contributed by atoms with Gasteiger partial charge in [0.25, 0.3) is 5.91 Å². The summed E-state index contributed by atoms with van der Waals surface area (Å²) in [5.74, 6) is -0.200. The lowest BCUT2D eigenvalue weighted by Gasteiger charge is -2.26. The summed E-state index contributed by atoms with van der Waals surface area (Å²) in [5.41, 5.74) is 2.22. The Kier molecular flexibility index (Phi) is 8.29. The van der Waals surface area contributed by atoms with Crippen LogP contribution < -0.4 is 15.9 Å². The van der Waals surface area contributed by atoms with Gasteiger partial charge in [0.1, 0.15) is 0 Å². The number of benzene rings is 1. The van der Waals surface area contributed by atoms with Crippen molar-refractivity contribution >= 4 is 28.6 Å². The summed E-state index contributed by atoms with van der Waals surface area (Å²) in [6.45, 7) is 12.7. The van der Waals surface area contributed by atoms with Crippen molar-refractivity contribution in [1.82, 2.24) is 14.2 Å². The quantitative estimate of drug-likeness (QED) is 0.638. The molecule has 0 spiro atoms. The molecule has 1 saturated heterocycles. The first-order valence-electron chi connectivity index (χ1n) is 11.3. The molecule has 1 N–H and O–H groups in total. The van der Waals surface area contributed by atoms with E-state index in [2.05, 4.69) is 18.8 Å². The lowest BCUT2D eigenvalue weighted by molar-refractivity contribution is 0.0730.